The molecular weight excluding hydrogens is 468 g/mol. The molecule has 0 aliphatic carbocycles. The van der Waals surface area contributed by atoms with Crippen LogP contribution in [0.1, 0.15) is 63.1 Å². The third kappa shape index (κ3) is 5.56. The Hall–Kier alpha value is -2.15. The molecule has 2 aliphatic rings. The van der Waals surface area contributed by atoms with Crippen LogP contribution >= 0.6 is 24.0 Å². The normalized spacial score (nSPS) is 19.9. The quantitative estimate of drug-likeness (QED) is 0.283. The minimum Gasteiger partial charge on any atom is -0.382 e. The molecule has 184 valence electrons. The number of anilines is 1. The molecule has 0 radical (unpaired) electrons. The zero-order chi connectivity index (χ0) is 24.8. The molecule has 3 rings (SSSR count). The second-order valence-corrected chi connectivity index (χ2v) is 10.6. The van der Waals surface area contributed by atoms with Crippen LogP contribution in [0.4, 0.5) is 5.82 Å². The van der Waals surface area contributed by atoms with E-state index in [1.165, 1.54) is 11.8 Å². The number of nitrogens with zero attached hydrogens (tertiary/aromatic N) is 4. The maximum atomic E-state index is 13.3. The van der Waals surface area contributed by atoms with Gasteiger partial charge in [0.15, 0.2) is 0 Å². The van der Waals surface area contributed by atoms with Crippen molar-refractivity contribution in [1.82, 2.24) is 9.47 Å². The van der Waals surface area contributed by atoms with Crippen molar-refractivity contribution in [3.8, 4) is 6.07 Å². The monoisotopic (exact) mass is 502 g/mol. The molecule has 1 unspecified atom stereocenters. The lowest BCUT2D eigenvalue weighted by atomic mass is 9.98. The molecule has 34 heavy (non-hydrogen) atoms. The van der Waals surface area contributed by atoms with E-state index in [1.807, 2.05) is 26.8 Å². The van der Waals surface area contributed by atoms with E-state index in [2.05, 4.69) is 17.9 Å². The first kappa shape index (κ1) is 26.5. The van der Waals surface area contributed by atoms with Crippen molar-refractivity contribution in [2.75, 3.05) is 37.7 Å². The van der Waals surface area contributed by atoms with Gasteiger partial charge in [0.1, 0.15) is 21.8 Å². The van der Waals surface area contributed by atoms with Gasteiger partial charge in [-0.3, -0.25) is 19.1 Å². The molecule has 0 aromatic carbocycles. The zero-order valence-electron chi connectivity index (χ0n) is 20.6. The largest absolute Gasteiger partial charge is 0.382 e. The molecule has 2 aliphatic heterocycles. The summed E-state index contributed by atoms with van der Waals surface area (Å²) >= 11 is 6.78. The third-order valence-corrected chi connectivity index (χ3v) is 7.65. The van der Waals surface area contributed by atoms with Crippen LogP contribution in [0.25, 0.3) is 6.08 Å². The van der Waals surface area contributed by atoms with Crippen LogP contribution in [-0.2, 0) is 16.1 Å². The lowest BCUT2D eigenvalue weighted by Crippen LogP contribution is -2.40. The Kier molecular flexibility index (Phi) is 9.34. The van der Waals surface area contributed by atoms with Gasteiger partial charge in [-0.15, -0.1) is 0 Å². The second-order valence-electron chi connectivity index (χ2n) is 8.88. The van der Waals surface area contributed by atoms with Crippen molar-refractivity contribution >= 4 is 46.1 Å². The van der Waals surface area contributed by atoms with E-state index in [0.717, 1.165) is 43.7 Å². The smallest absolute Gasteiger partial charge is 0.270 e. The standard InChI is InChI=1S/C25H34N4O3S2/c1-5-10-28-22(27-11-7-9-17(3)16-27)19(18(4)20(15-26)23(28)30)14-21-24(31)29(25(33)34-21)12-8-13-32-6-2/h14,17H,5-13,16H2,1-4H3/b21-14+. The maximum Gasteiger partial charge on any atom is 0.270 e. The Balaban J connectivity index is 2.09. The Morgan fingerprint density at radius 3 is 2.71 bits per heavy atom. The Bertz CT molecular complexity index is 1070. The van der Waals surface area contributed by atoms with Crippen LogP contribution < -0.4 is 10.5 Å². The number of thiocarbonyl (C=S) groups is 1. The van der Waals surface area contributed by atoms with Gasteiger partial charge in [-0.1, -0.05) is 37.8 Å². The number of carbonyl (C=O) groups excluding carboxylic acids is 1. The summed E-state index contributed by atoms with van der Waals surface area (Å²) in [6, 6.07) is 2.11. The minimum atomic E-state index is -0.254. The Morgan fingerprint density at radius 1 is 1.29 bits per heavy atom. The van der Waals surface area contributed by atoms with E-state index in [9.17, 15) is 14.9 Å². The van der Waals surface area contributed by atoms with Crippen LogP contribution in [-0.4, -0.2) is 52.5 Å². The average molecular weight is 503 g/mol. The fraction of sp³-hybridized carbons (Fsp3) is 0.600. The van der Waals surface area contributed by atoms with E-state index < -0.39 is 0 Å². The van der Waals surface area contributed by atoms with Crippen molar-refractivity contribution in [3.05, 3.63) is 31.9 Å². The molecule has 1 amide bonds. The van der Waals surface area contributed by atoms with Gasteiger partial charge in [0.2, 0.25) is 0 Å². The van der Waals surface area contributed by atoms with E-state index >= 15 is 0 Å². The van der Waals surface area contributed by atoms with Crippen LogP contribution in [0.15, 0.2) is 9.70 Å². The van der Waals surface area contributed by atoms with Crippen molar-refractivity contribution in [2.45, 2.75) is 59.9 Å². The number of thioether (sulfide) groups is 1. The summed E-state index contributed by atoms with van der Waals surface area (Å²) in [6.07, 6.45) is 5.52. The van der Waals surface area contributed by atoms with Gasteiger partial charge in [-0.05, 0) is 57.1 Å². The van der Waals surface area contributed by atoms with Crippen LogP contribution in [0.3, 0.4) is 0 Å². The lowest BCUT2D eigenvalue weighted by Gasteiger charge is -2.36. The number of nitriles is 1. The summed E-state index contributed by atoms with van der Waals surface area (Å²) < 4.78 is 7.66. The number of hydrogen-bond donors (Lipinski definition) is 0. The summed E-state index contributed by atoms with van der Waals surface area (Å²) in [4.78, 5) is 30.9. The molecule has 3 heterocycles. The average Bonchev–Trinajstić information content (AvgIpc) is 3.07. The summed E-state index contributed by atoms with van der Waals surface area (Å²) in [5.41, 5.74) is 1.28. The van der Waals surface area contributed by atoms with Crippen LogP contribution in [0.2, 0.25) is 0 Å². The highest BCUT2D eigenvalue weighted by molar-refractivity contribution is 8.26. The van der Waals surface area contributed by atoms with Gasteiger partial charge in [0, 0.05) is 45.0 Å². The molecular formula is C25H34N4O3S2. The molecule has 1 atom stereocenters. The number of rotatable bonds is 9. The SMILES string of the molecule is CCCn1c(N2CCCC(C)C2)c(/C=C2/SC(=S)N(CCCOCC)C2=O)c(C)c(C#N)c1=O. The summed E-state index contributed by atoms with van der Waals surface area (Å²) in [6.45, 7) is 11.9. The molecule has 0 N–H and O–H groups in total. The summed E-state index contributed by atoms with van der Waals surface area (Å²) in [5.74, 6) is 1.19. The first-order chi connectivity index (χ1) is 16.3. The summed E-state index contributed by atoms with van der Waals surface area (Å²) in [7, 11) is 0. The number of piperidine rings is 1. The highest BCUT2D eigenvalue weighted by Crippen LogP contribution is 2.36. The number of hydrogen-bond acceptors (Lipinski definition) is 7. The van der Waals surface area contributed by atoms with E-state index in [4.69, 9.17) is 17.0 Å². The molecule has 2 saturated heterocycles. The number of aromatic nitrogens is 1. The molecule has 0 bridgehead atoms. The number of carbonyl (C=O) groups is 1. The zero-order valence-corrected chi connectivity index (χ0v) is 22.2. The lowest BCUT2D eigenvalue weighted by molar-refractivity contribution is -0.122. The van der Waals surface area contributed by atoms with E-state index in [1.54, 1.807) is 9.47 Å². The molecule has 0 spiro atoms. The molecule has 1 aromatic rings. The first-order valence-corrected chi connectivity index (χ1v) is 13.3. The Morgan fingerprint density at radius 2 is 2.06 bits per heavy atom. The highest BCUT2D eigenvalue weighted by Gasteiger charge is 2.33. The number of amides is 1. The number of pyridine rings is 1. The van der Waals surface area contributed by atoms with Crippen molar-refractivity contribution in [1.29, 1.82) is 5.26 Å². The van der Waals surface area contributed by atoms with Gasteiger partial charge in [-0.2, -0.15) is 5.26 Å². The predicted molar refractivity (Wildman–Crippen MR) is 142 cm³/mol. The van der Waals surface area contributed by atoms with Crippen molar-refractivity contribution in [3.63, 3.8) is 0 Å². The van der Waals surface area contributed by atoms with E-state index in [0.29, 0.717) is 53.4 Å². The van der Waals surface area contributed by atoms with Crippen LogP contribution in [0, 0.1) is 24.2 Å². The third-order valence-electron chi connectivity index (χ3n) is 6.27. The van der Waals surface area contributed by atoms with Gasteiger partial charge in [0.05, 0.1) is 4.91 Å². The summed E-state index contributed by atoms with van der Waals surface area (Å²) in [5, 5.41) is 9.79. The van der Waals surface area contributed by atoms with Crippen molar-refractivity contribution < 1.29 is 9.53 Å². The molecule has 1 aromatic heterocycles. The molecule has 9 heteroatoms. The van der Waals surface area contributed by atoms with Gasteiger partial charge >= 0.3 is 0 Å². The molecule has 7 nitrogen and oxygen atoms in total. The van der Waals surface area contributed by atoms with Gasteiger partial charge < -0.3 is 9.64 Å². The highest BCUT2D eigenvalue weighted by atomic mass is 32.2. The minimum absolute atomic E-state index is 0.129. The fourth-order valence-electron chi connectivity index (χ4n) is 4.59. The van der Waals surface area contributed by atoms with Gasteiger partial charge in [0.25, 0.3) is 11.5 Å². The van der Waals surface area contributed by atoms with E-state index in [-0.39, 0.29) is 17.0 Å². The van der Waals surface area contributed by atoms with Crippen LogP contribution in [0.5, 0.6) is 0 Å². The number of ether oxygens (including phenoxy) is 1. The fourth-order valence-corrected chi connectivity index (χ4v) is 5.88. The first-order valence-electron chi connectivity index (χ1n) is 12.1. The van der Waals surface area contributed by atoms with Gasteiger partial charge in [-0.25, -0.2) is 0 Å². The predicted octanol–water partition coefficient (Wildman–Crippen LogP) is 4.30. The Labute approximate surface area is 211 Å². The van der Waals surface area contributed by atoms with Crippen molar-refractivity contribution in [2.24, 2.45) is 5.92 Å². The maximum absolute atomic E-state index is 13.3. The molecule has 0 saturated carbocycles. The second kappa shape index (κ2) is 12.0. The topological polar surface area (TPSA) is 78.6 Å². The molecule has 2 fully saturated rings.